The lowest BCUT2D eigenvalue weighted by atomic mass is 9.71. The standard InChI is InChI=1S/C34H39Cl3N4O8.C32H35Cl3N4O7/c1-7-8-45-29-18(3)30-32(49-16-48-30)26-20(29)11-22-27-25-19(9-17(2)28(44-6)31(25)47-15-43-5)10-21(40(27)4)23(12-38)41(22)24(26)13-39-33(42)46-14-34(35,36)37;1-6-7-43-28-16(3)29-30(46-14-45-29)24-18(28)10-20-25-23-17(8-15(2)27(42-5)26(23)40)9-19(38(25)4)21(11-36)39(20)22(24)12-37-31(41)44-13-32(33,34)35/h7,9,21-24,27H,1,8,10-11,13-16H2,2-6H3,(H,39,42);6,8,19-22,25,40H,1,7,9-10,12-14H2,2-5H3,(H,37,41)/t21-,22?,23-,24-,27?;19-,20?,21-,22-,25?/m00/s1. The van der Waals surface area contributed by atoms with E-state index < -0.39 is 57.2 Å². The van der Waals surface area contributed by atoms with E-state index in [1.165, 1.54) is 7.11 Å². The second-order valence-electron chi connectivity index (χ2n) is 24.4. The molecule has 0 aliphatic carbocycles. The molecule has 10 atom stereocenters. The molecule has 2 amide bonds. The second-order valence-corrected chi connectivity index (χ2v) is 29.4. The van der Waals surface area contributed by atoms with Crippen LogP contribution in [0.15, 0.2) is 37.4 Å². The van der Waals surface area contributed by atoms with E-state index in [1.54, 1.807) is 26.4 Å². The van der Waals surface area contributed by atoms with Crippen LogP contribution >= 0.6 is 69.6 Å². The summed E-state index contributed by atoms with van der Waals surface area (Å²) >= 11 is 35.0. The van der Waals surface area contributed by atoms with Crippen molar-refractivity contribution in [2.24, 2.45) is 0 Å². The number of phenols is 1. The summed E-state index contributed by atoms with van der Waals surface area (Å²) in [4.78, 5) is 34.6. The molecule has 0 spiro atoms. The van der Waals surface area contributed by atoms with Crippen LogP contribution in [0.25, 0.3) is 0 Å². The Morgan fingerprint density at radius 3 is 1.44 bits per heavy atom. The van der Waals surface area contributed by atoms with Crippen LogP contribution < -0.4 is 53.3 Å². The Morgan fingerprint density at radius 1 is 0.611 bits per heavy atom. The first-order chi connectivity index (χ1) is 45.4. The molecule has 4 aromatic carbocycles. The van der Waals surface area contributed by atoms with Gasteiger partial charge in [-0.1, -0.05) is 107 Å². The minimum atomic E-state index is -1.78. The molecule has 4 aromatic rings. The van der Waals surface area contributed by atoms with Crippen LogP contribution in [0, 0.1) is 50.4 Å². The Morgan fingerprint density at radius 2 is 1.03 bits per heavy atom. The zero-order valence-corrected chi connectivity index (χ0v) is 58.3. The first kappa shape index (κ1) is 69.8. The van der Waals surface area contributed by atoms with Gasteiger partial charge in [-0.15, -0.1) is 0 Å². The van der Waals surface area contributed by atoms with Gasteiger partial charge < -0.3 is 72.6 Å². The van der Waals surface area contributed by atoms with Crippen molar-refractivity contribution in [3.63, 3.8) is 0 Å². The van der Waals surface area contributed by atoms with Crippen LogP contribution in [0.5, 0.6) is 57.5 Å². The highest BCUT2D eigenvalue weighted by molar-refractivity contribution is 6.68. The summed E-state index contributed by atoms with van der Waals surface area (Å²) in [6.45, 7) is 15.1. The fourth-order valence-electron chi connectivity index (χ4n) is 15.7. The number of halogens is 6. The van der Waals surface area contributed by atoms with Gasteiger partial charge in [-0.05, 0) is 89.7 Å². The summed E-state index contributed by atoms with van der Waals surface area (Å²) in [6.07, 6.45) is 3.82. The zero-order chi connectivity index (χ0) is 68.3. The van der Waals surface area contributed by atoms with Gasteiger partial charge in [0, 0.05) is 88.9 Å². The highest BCUT2D eigenvalue weighted by Crippen LogP contribution is 2.61. The molecule has 2 fully saturated rings. The van der Waals surface area contributed by atoms with Gasteiger partial charge >= 0.3 is 12.2 Å². The third-order valence-corrected chi connectivity index (χ3v) is 19.8. The maximum atomic E-state index is 13.0. The highest BCUT2D eigenvalue weighted by Gasteiger charge is 2.59. The smallest absolute Gasteiger partial charge is 0.407 e. The summed E-state index contributed by atoms with van der Waals surface area (Å²) in [7, 11) is 8.77. The lowest BCUT2D eigenvalue weighted by molar-refractivity contribution is -0.0731. The predicted octanol–water partition coefficient (Wildman–Crippen LogP) is 10.6. The second kappa shape index (κ2) is 28.1. The number of phenolic OH excluding ortho intramolecular Hbond substituents is 1. The SMILES string of the molecule is C=CCOc1c(C)c2c(c3c1CC1C4c5c(cc(C)c(OC)c5O)C[C@@H]([C@H](C#N)N1[C@H]3CNC(=O)OCC(Cl)(Cl)Cl)N4C)OCO2.C=CCOc1c(C)c2c(c3c1CC1C4c5c(cc(C)c(OC)c5OCOC)C[C@@H]([C@H](C#N)N1[C@H]3CNC(=O)OCC(Cl)(Cl)Cl)N4C)OCO2. The number of likely N-dealkylation sites (N-methyl/N-ethyl adjacent to an activating group) is 2. The molecule has 510 valence electrons. The monoisotopic (exact) mass is 1430 g/mol. The third kappa shape index (κ3) is 12.8. The van der Waals surface area contributed by atoms with Crippen molar-refractivity contribution in [1.82, 2.24) is 30.2 Å². The number of ether oxygens (including phenoxy) is 12. The topological polar surface area (TPSA) is 250 Å². The van der Waals surface area contributed by atoms with Crippen molar-refractivity contribution in [1.29, 1.82) is 10.5 Å². The zero-order valence-electron chi connectivity index (χ0n) is 53.8. The number of amides is 2. The van der Waals surface area contributed by atoms with Gasteiger partial charge in [0.15, 0.2) is 52.8 Å². The molecular formula is C66H74Cl6N8O15. The van der Waals surface area contributed by atoms with E-state index in [2.05, 4.69) is 61.6 Å². The van der Waals surface area contributed by atoms with E-state index in [9.17, 15) is 25.2 Å². The summed E-state index contributed by atoms with van der Waals surface area (Å²) in [5.41, 5.74) is 10.4. The van der Waals surface area contributed by atoms with Crippen LogP contribution in [-0.2, 0) is 39.9 Å². The molecule has 29 heteroatoms. The molecule has 8 aliphatic rings. The minimum absolute atomic E-state index is 0.0124. The van der Waals surface area contributed by atoms with Gasteiger partial charge in [0.2, 0.25) is 21.2 Å². The van der Waals surface area contributed by atoms with E-state index >= 15 is 0 Å². The maximum absolute atomic E-state index is 13.0. The quantitative estimate of drug-likeness (QED) is 0.0505. The van der Waals surface area contributed by atoms with Crippen LogP contribution in [0.2, 0.25) is 0 Å². The van der Waals surface area contributed by atoms with E-state index in [4.69, 9.17) is 126 Å². The fourth-order valence-corrected chi connectivity index (χ4v) is 16.1. The number of benzene rings is 4. The number of rotatable bonds is 17. The number of hydrogen-bond donors (Lipinski definition) is 3. The van der Waals surface area contributed by atoms with Crippen LogP contribution in [0.3, 0.4) is 0 Å². The average Bonchev–Trinajstić information content (AvgIpc) is 1.45. The molecule has 4 unspecified atom stereocenters. The first-order valence-corrected chi connectivity index (χ1v) is 32.9. The normalized spacial score (nSPS) is 24.2. The Labute approximate surface area is 581 Å². The molecule has 0 radical (unpaired) electrons. The molecule has 8 heterocycles. The van der Waals surface area contributed by atoms with Crippen LogP contribution in [-0.4, -0.2) is 176 Å². The number of aryl methyl sites for hydroxylation is 2. The molecule has 12 rings (SSSR count). The maximum Gasteiger partial charge on any atom is 0.407 e. The van der Waals surface area contributed by atoms with Gasteiger partial charge in [0.25, 0.3) is 0 Å². The molecule has 95 heavy (non-hydrogen) atoms. The molecule has 0 aromatic heterocycles. The summed E-state index contributed by atoms with van der Waals surface area (Å²) in [5, 5.41) is 39.0. The number of fused-ring (bicyclic) bond motifs is 18. The number of nitrogens with one attached hydrogen (secondary N) is 2. The van der Waals surface area contributed by atoms with Crippen molar-refractivity contribution in [3.8, 4) is 69.6 Å². The highest BCUT2D eigenvalue weighted by atomic mass is 35.6. The third-order valence-electron chi connectivity index (χ3n) is 19.1. The van der Waals surface area contributed by atoms with Crippen molar-refractivity contribution in [3.05, 3.63) is 104 Å². The fraction of sp³-hybridized carbons (Fsp3) is 0.515. The molecule has 3 N–H and O–H groups in total. The number of methoxy groups -OCH3 is 3. The Balaban J connectivity index is 0.000000194. The molecule has 23 nitrogen and oxygen atoms in total. The number of nitrogens with zero attached hydrogens (tertiary/aromatic N) is 6. The molecular weight excluding hydrogens is 1360 g/mol. The number of nitriles is 2. The van der Waals surface area contributed by atoms with Crippen molar-refractivity contribution < 1.29 is 71.5 Å². The summed E-state index contributed by atoms with van der Waals surface area (Å²) < 4.78 is 66.7. The lowest BCUT2D eigenvalue weighted by Crippen LogP contribution is -2.68. The number of carbonyl (C=O) groups excluding carboxylic acids is 2. The molecule has 8 aliphatic heterocycles. The van der Waals surface area contributed by atoms with Gasteiger partial charge in [0.05, 0.1) is 50.5 Å². The van der Waals surface area contributed by atoms with Crippen molar-refractivity contribution >= 4 is 81.8 Å². The Bertz CT molecular complexity index is 3780. The van der Waals surface area contributed by atoms with E-state index in [-0.39, 0.29) is 88.7 Å². The molecule has 0 saturated carbocycles. The van der Waals surface area contributed by atoms with Gasteiger partial charge in [-0.25, -0.2) is 9.59 Å². The number of alkyl halides is 6. The largest absolute Gasteiger partial charge is 0.504 e. The number of piperazine rings is 2. The lowest BCUT2D eigenvalue weighted by Gasteiger charge is -2.60. The van der Waals surface area contributed by atoms with Crippen LogP contribution in [0.4, 0.5) is 9.59 Å². The van der Waals surface area contributed by atoms with Crippen molar-refractivity contribution in [2.75, 3.05) is 95.3 Å². The molecule has 4 bridgehead atoms. The Hall–Kier alpha value is -6.58. The Kier molecular flexibility index (Phi) is 20.6. The number of alkyl carbamates (subject to hydrolysis) is 2. The number of aromatic hydroxyl groups is 1. The minimum Gasteiger partial charge on any atom is -0.504 e. The summed E-state index contributed by atoms with van der Waals surface area (Å²) in [6, 6.07) is 5.37. The van der Waals surface area contributed by atoms with E-state index in [0.29, 0.717) is 77.4 Å². The van der Waals surface area contributed by atoms with Gasteiger partial charge in [-0.2, -0.15) is 10.5 Å². The van der Waals surface area contributed by atoms with Crippen molar-refractivity contribution in [2.45, 2.75) is 121 Å². The summed E-state index contributed by atoms with van der Waals surface area (Å²) in [5.74, 6) is 5.21. The van der Waals surface area contributed by atoms with Gasteiger partial charge in [0.1, 0.15) is 50.0 Å². The van der Waals surface area contributed by atoms with Gasteiger partial charge in [-0.3, -0.25) is 19.6 Å². The van der Waals surface area contributed by atoms with E-state index in [1.807, 2.05) is 47.9 Å². The molecule has 2 saturated heterocycles. The van der Waals surface area contributed by atoms with Crippen LogP contribution in [0.1, 0.15) is 90.9 Å². The van der Waals surface area contributed by atoms with E-state index in [0.717, 1.165) is 66.8 Å². The number of carbonyl (C=O) groups is 2. The first-order valence-electron chi connectivity index (χ1n) is 30.7. The number of hydrogen-bond acceptors (Lipinski definition) is 21. The predicted molar refractivity (Wildman–Crippen MR) is 354 cm³/mol. The average molecular weight is 1430 g/mol.